The Morgan fingerprint density at radius 3 is 1.62 bits per heavy atom. The zero-order valence-electron chi connectivity index (χ0n) is 21.1. The van der Waals surface area contributed by atoms with Crippen LogP contribution in [0.5, 0.6) is 11.5 Å². The lowest BCUT2D eigenvalue weighted by atomic mass is 9.97. The van der Waals surface area contributed by atoms with Gasteiger partial charge >= 0.3 is 36.2 Å². The first-order valence-electron chi connectivity index (χ1n) is 10.6. The van der Waals surface area contributed by atoms with E-state index < -0.39 is 65.4 Å². The summed E-state index contributed by atoms with van der Waals surface area (Å²) in [5.41, 5.74) is -2.50. The van der Waals surface area contributed by atoms with E-state index in [4.69, 9.17) is 9.47 Å². The maximum absolute atomic E-state index is 12.9. The fraction of sp³-hybridized carbons (Fsp3) is 0.565. The Morgan fingerprint density at radius 2 is 1.22 bits per heavy atom. The van der Waals surface area contributed by atoms with Gasteiger partial charge < -0.3 is 19.1 Å². The van der Waals surface area contributed by atoms with Gasteiger partial charge in [-0.1, -0.05) is 6.07 Å². The lowest BCUT2D eigenvalue weighted by Crippen LogP contribution is -2.41. The molecule has 0 aliphatic heterocycles. The zero-order chi connectivity index (χ0) is 29.1. The fourth-order valence-corrected chi connectivity index (χ4v) is 2.35. The van der Waals surface area contributed by atoms with Crippen LogP contribution < -0.4 is 9.47 Å². The Morgan fingerprint density at radius 1 is 0.757 bits per heavy atom. The monoisotopic (exact) mass is 543 g/mol. The van der Waals surface area contributed by atoms with Crippen molar-refractivity contribution in [3.8, 4) is 11.5 Å². The number of esters is 3. The highest BCUT2D eigenvalue weighted by atomic mass is 19.4. The number of benzene rings is 1. The first-order chi connectivity index (χ1) is 16.4. The number of carbonyl (C=O) groups is 4. The molecule has 1 atom stereocenters. The summed E-state index contributed by atoms with van der Waals surface area (Å²) in [6.07, 6.45) is -12.9. The third kappa shape index (κ3) is 9.25. The van der Waals surface area contributed by atoms with Crippen LogP contribution in [0.3, 0.4) is 0 Å². The number of amides is 1. The van der Waals surface area contributed by atoms with Crippen molar-refractivity contribution in [2.45, 2.75) is 60.0 Å². The smallest absolute Gasteiger partial charge is 0.449 e. The fourth-order valence-electron chi connectivity index (χ4n) is 2.35. The van der Waals surface area contributed by atoms with Crippen LogP contribution >= 0.6 is 0 Å². The number of carbonyl (C=O) groups excluding carboxylic acids is 4. The van der Waals surface area contributed by atoms with Gasteiger partial charge in [-0.15, -0.1) is 0 Å². The summed E-state index contributed by atoms with van der Waals surface area (Å²) in [4.78, 5) is 47.8. The van der Waals surface area contributed by atoms with E-state index in [9.17, 15) is 45.5 Å². The van der Waals surface area contributed by atoms with Gasteiger partial charge in [-0.3, -0.25) is 14.4 Å². The number of ether oxygens (including phenoxy) is 3. The molecule has 0 fully saturated rings. The van der Waals surface area contributed by atoms with Crippen LogP contribution in [-0.2, 0) is 23.9 Å². The van der Waals surface area contributed by atoms with Crippen molar-refractivity contribution in [3.05, 3.63) is 23.8 Å². The summed E-state index contributed by atoms with van der Waals surface area (Å²) in [6.45, 7) is 7.84. The molecule has 1 rings (SSSR count). The summed E-state index contributed by atoms with van der Waals surface area (Å²) >= 11 is 0. The number of rotatable bonds is 6. The molecule has 0 aromatic heterocycles. The number of hydrogen-bond acceptors (Lipinski definition) is 7. The molecule has 0 spiro atoms. The van der Waals surface area contributed by atoms with Crippen molar-refractivity contribution in [2.75, 3.05) is 13.6 Å². The van der Waals surface area contributed by atoms with Gasteiger partial charge in [-0.25, -0.2) is 4.79 Å². The molecule has 0 N–H and O–H groups in total. The number of hydrogen-bond donors (Lipinski definition) is 0. The molecule has 0 aliphatic rings. The SMILES string of the molecule is CN(CC(OC(=O)C(F)(F)F)c1ccc(OC(=O)C(C)(C)C)c(OC(=O)C(C)(C)C)c1)C(=O)C(F)(F)F. The van der Waals surface area contributed by atoms with Crippen molar-refractivity contribution < 1.29 is 59.7 Å². The van der Waals surface area contributed by atoms with E-state index in [0.717, 1.165) is 18.2 Å². The Labute approximate surface area is 208 Å². The average molecular weight is 543 g/mol. The molecule has 8 nitrogen and oxygen atoms in total. The largest absolute Gasteiger partial charge is 0.490 e. The topological polar surface area (TPSA) is 99.2 Å². The van der Waals surface area contributed by atoms with Gasteiger partial charge in [0.1, 0.15) is 6.10 Å². The highest BCUT2D eigenvalue weighted by molar-refractivity contribution is 5.82. The molecule has 0 saturated heterocycles. The number of likely N-dealkylation sites (N-methyl/N-ethyl adjacent to an activating group) is 1. The third-order valence-electron chi connectivity index (χ3n) is 4.48. The van der Waals surface area contributed by atoms with Crippen molar-refractivity contribution in [1.29, 1.82) is 0 Å². The number of nitrogens with zero attached hydrogens (tertiary/aromatic N) is 1. The van der Waals surface area contributed by atoms with Crippen LogP contribution in [0.1, 0.15) is 53.2 Å². The highest BCUT2D eigenvalue weighted by Crippen LogP contribution is 2.36. The van der Waals surface area contributed by atoms with Gasteiger partial charge in [-0.2, -0.15) is 26.3 Å². The number of alkyl halides is 6. The second kappa shape index (κ2) is 11.0. The summed E-state index contributed by atoms with van der Waals surface area (Å²) in [5, 5.41) is 0. The van der Waals surface area contributed by atoms with E-state index in [0.29, 0.717) is 7.05 Å². The molecular weight excluding hydrogens is 516 g/mol. The minimum atomic E-state index is -5.51. The van der Waals surface area contributed by atoms with Crippen molar-refractivity contribution in [3.63, 3.8) is 0 Å². The summed E-state index contributed by atoms with van der Waals surface area (Å²) in [7, 11) is 0.643. The molecule has 0 bridgehead atoms. The minimum absolute atomic E-state index is 0.0166. The predicted molar refractivity (Wildman–Crippen MR) is 115 cm³/mol. The molecule has 1 unspecified atom stereocenters. The molecule has 208 valence electrons. The van der Waals surface area contributed by atoms with Crippen LogP contribution in [-0.4, -0.2) is 54.7 Å². The Bertz CT molecular complexity index is 1040. The van der Waals surface area contributed by atoms with Gasteiger partial charge in [-0.05, 0) is 59.2 Å². The van der Waals surface area contributed by atoms with Gasteiger partial charge in [0.2, 0.25) is 0 Å². The minimum Gasteiger partial charge on any atom is -0.449 e. The van der Waals surface area contributed by atoms with Crippen LogP contribution in [0.15, 0.2) is 18.2 Å². The normalized spacial score (nSPS) is 13.4. The highest BCUT2D eigenvalue weighted by Gasteiger charge is 2.45. The van der Waals surface area contributed by atoms with E-state index in [1.165, 1.54) is 41.5 Å². The van der Waals surface area contributed by atoms with Crippen LogP contribution in [0, 0.1) is 10.8 Å². The van der Waals surface area contributed by atoms with E-state index in [1.807, 2.05) is 0 Å². The van der Waals surface area contributed by atoms with Crippen molar-refractivity contribution in [1.82, 2.24) is 4.90 Å². The van der Waals surface area contributed by atoms with Crippen molar-refractivity contribution >= 4 is 23.8 Å². The lowest BCUT2D eigenvalue weighted by Gasteiger charge is -2.26. The summed E-state index contributed by atoms with van der Waals surface area (Å²) in [6, 6.07) is 2.86. The second-order valence-corrected chi connectivity index (χ2v) is 10.1. The van der Waals surface area contributed by atoms with Gasteiger partial charge in [0.25, 0.3) is 0 Å². The first-order valence-corrected chi connectivity index (χ1v) is 10.6. The molecule has 1 aromatic carbocycles. The molecule has 14 heteroatoms. The molecule has 37 heavy (non-hydrogen) atoms. The number of halogens is 6. The summed E-state index contributed by atoms with van der Waals surface area (Å²) < 4.78 is 91.8. The van der Waals surface area contributed by atoms with E-state index in [1.54, 1.807) is 0 Å². The molecule has 0 saturated carbocycles. The first kappa shape index (κ1) is 31.7. The maximum atomic E-state index is 12.9. The average Bonchev–Trinajstić information content (AvgIpc) is 2.70. The Kier molecular flexibility index (Phi) is 9.40. The molecular formula is C23H27F6NO7. The van der Waals surface area contributed by atoms with Crippen LogP contribution in [0.2, 0.25) is 0 Å². The molecule has 1 aromatic rings. The van der Waals surface area contributed by atoms with E-state index in [2.05, 4.69) is 4.74 Å². The maximum Gasteiger partial charge on any atom is 0.490 e. The molecule has 0 radical (unpaired) electrons. The van der Waals surface area contributed by atoms with Crippen molar-refractivity contribution in [2.24, 2.45) is 10.8 Å². The second-order valence-electron chi connectivity index (χ2n) is 10.1. The summed E-state index contributed by atoms with van der Waals surface area (Å²) in [5.74, 6) is -7.58. The standard InChI is InChI=1S/C23H27F6NO7/c1-20(2,3)17(32)35-13-9-8-12(10-14(13)36-18(33)21(4,5)6)15(37-19(34)23(27,28)29)11-30(7)16(31)22(24,25)26/h8-10,15H,11H2,1-7H3. The Hall–Kier alpha value is -3.32. The van der Waals surface area contributed by atoms with E-state index >= 15 is 0 Å². The van der Waals surface area contributed by atoms with Gasteiger partial charge in [0.15, 0.2) is 11.5 Å². The van der Waals surface area contributed by atoms with E-state index in [-0.39, 0.29) is 16.2 Å². The molecule has 0 aliphatic carbocycles. The zero-order valence-corrected chi connectivity index (χ0v) is 21.1. The molecule has 0 heterocycles. The predicted octanol–water partition coefficient (Wildman–Crippen LogP) is 4.76. The quantitative estimate of drug-likeness (QED) is 0.290. The van der Waals surface area contributed by atoms with Crippen LogP contribution in [0.4, 0.5) is 26.3 Å². The third-order valence-corrected chi connectivity index (χ3v) is 4.48. The lowest BCUT2D eigenvalue weighted by molar-refractivity contribution is -0.207. The van der Waals surface area contributed by atoms with Crippen LogP contribution in [0.25, 0.3) is 0 Å². The Balaban J connectivity index is 3.58. The van der Waals surface area contributed by atoms with Gasteiger partial charge in [0, 0.05) is 7.05 Å². The molecule has 1 amide bonds. The van der Waals surface area contributed by atoms with Gasteiger partial charge in [0.05, 0.1) is 17.4 Å².